The summed E-state index contributed by atoms with van der Waals surface area (Å²) in [6.07, 6.45) is 0.922. The predicted octanol–water partition coefficient (Wildman–Crippen LogP) is 4.22. The Morgan fingerprint density at radius 1 is 1.38 bits per heavy atom. The highest BCUT2D eigenvalue weighted by Gasteiger charge is 1.97. The van der Waals surface area contributed by atoms with E-state index in [2.05, 4.69) is 54.5 Å². The number of benzene rings is 1. The monoisotopic (exact) mass is 256 g/mol. The van der Waals surface area contributed by atoms with Crippen molar-refractivity contribution in [2.24, 2.45) is 0 Å². The van der Waals surface area contributed by atoms with Gasteiger partial charge in [0.15, 0.2) is 0 Å². The maximum absolute atomic E-state index is 4.43. The Kier molecular flexibility index (Phi) is 4.07. The van der Waals surface area contributed by atoms with Crippen molar-refractivity contribution in [2.75, 3.05) is 0 Å². The Labute approximate surface area is 93.6 Å². The summed E-state index contributed by atoms with van der Waals surface area (Å²) in [6.45, 7) is 4.17. The summed E-state index contributed by atoms with van der Waals surface area (Å²) < 4.78 is 1.12. The third-order valence-corrected chi connectivity index (χ3v) is 2.94. The van der Waals surface area contributed by atoms with Gasteiger partial charge in [-0.3, -0.25) is 0 Å². The molecule has 0 aliphatic carbocycles. The van der Waals surface area contributed by atoms with Crippen LogP contribution >= 0.6 is 28.6 Å². The zero-order valence-corrected chi connectivity index (χ0v) is 10.3. The molecule has 13 heavy (non-hydrogen) atoms. The molecule has 2 heteroatoms. The standard InChI is InChI=1S/C11H13BrS/c1-8(2)11(13)7-9-4-3-5-10(12)6-9/h3-6,13H,7H2,1-2H3. The largest absolute Gasteiger partial charge is 0.148 e. The van der Waals surface area contributed by atoms with Crippen molar-refractivity contribution in [1.29, 1.82) is 0 Å². The van der Waals surface area contributed by atoms with Crippen molar-refractivity contribution in [3.05, 3.63) is 44.8 Å². The average molecular weight is 257 g/mol. The third-order valence-electron chi connectivity index (χ3n) is 1.84. The lowest BCUT2D eigenvalue weighted by Gasteiger charge is -2.03. The number of hydrogen-bond donors (Lipinski definition) is 1. The SMILES string of the molecule is CC(C)=C(S)Cc1cccc(Br)c1. The van der Waals surface area contributed by atoms with E-state index in [-0.39, 0.29) is 0 Å². The second kappa shape index (κ2) is 4.87. The Balaban J connectivity index is 2.81. The van der Waals surface area contributed by atoms with Gasteiger partial charge >= 0.3 is 0 Å². The summed E-state index contributed by atoms with van der Waals surface area (Å²) in [4.78, 5) is 1.15. The topological polar surface area (TPSA) is 0 Å². The zero-order chi connectivity index (χ0) is 9.84. The van der Waals surface area contributed by atoms with Crippen molar-refractivity contribution in [1.82, 2.24) is 0 Å². The summed E-state index contributed by atoms with van der Waals surface area (Å²) in [5.41, 5.74) is 2.57. The molecule has 0 saturated heterocycles. The van der Waals surface area contributed by atoms with Crippen LogP contribution < -0.4 is 0 Å². The van der Waals surface area contributed by atoms with Gasteiger partial charge < -0.3 is 0 Å². The molecule has 0 aromatic heterocycles. The second-order valence-corrected chi connectivity index (χ2v) is 4.71. The van der Waals surface area contributed by atoms with E-state index in [0.29, 0.717) is 0 Å². The number of thiol groups is 1. The van der Waals surface area contributed by atoms with Crippen LogP contribution in [0.2, 0.25) is 0 Å². The number of hydrogen-bond acceptors (Lipinski definition) is 1. The van der Waals surface area contributed by atoms with Crippen molar-refractivity contribution in [3.63, 3.8) is 0 Å². The first-order valence-electron chi connectivity index (χ1n) is 4.19. The van der Waals surface area contributed by atoms with Crippen LogP contribution in [0, 0.1) is 0 Å². The highest BCUT2D eigenvalue weighted by Crippen LogP contribution is 2.18. The van der Waals surface area contributed by atoms with Crippen LogP contribution in [0.1, 0.15) is 19.4 Å². The summed E-state index contributed by atoms with van der Waals surface area (Å²) >= 11 is 7.88. The molecule has 0 aliphatic heterocycles. The van der Waals surface area contributed by atoms with Gasteiger partial charge in [0.05, 0.1) is 0 Å². The maximum atomic E-state index is 4.43. The molecule has 0 saturated carbocycles. The van der Waals surface area contributed by atoms with Gasteiger partial charge in [-0.15, -0.1) is 12.6 Å². The molecule has 0 N–H and O–H groups in total. The number of halogens is 1. The molecule has 70 valence electrons. The van der Waals surface area contributed by atoms with Gasteiger partial charge in [0, 0.05) is 10.9 Å². The van der Waals surface area contributed by atoms with Gasteiger partial charge in [-0.2, -0.15) is 0 Å². The first-order valence-corrected chi connectivity index (χ1v) is 5.43. The van der Waals surface area contributed by atoms with Crippen molar-refractivity contribution in [2.45, 2.75) is 20.3 Å². The fraction of sp³-hybridized carbons (Fsp3) is 0.273. The highest BCUT2D eigenvalue weighted by atomic mass is 79.9. The fourth-order valence-electron chi connectivity index (χ4n) is 1.02. The normalized spacial score (nSPS) is 9.85. The summed E-state index contributed by atoms with van der Waals surface area (Å²) in [7, 11) is 0. The minimum absolute atomic E-state index is 0.922. The molecule has 0 radical (unpaired) electrons. The lowest BCUT2D eigenvalue weighted by atomic mass is 10.1. The smallest absolute Gasteiger partial charge is 0.0178 e. The molecular formula is C11H13BrS. The van der Waals surface area contributed by atoms with Crippen LogP contribution in [0.15, 0.2) is 39.2 Å². The van der Waals surface area contributed by atoms with E-state index >= 15 is 0 Å². The van der Waals surface area contributed by atoms with Gasteiger partial charge in [0.25, 0.3) is 0 Å². The first kappa shape index (κ1) is 10.9. The zero-order valence-electron chi connectivity index (χ0n) is 7.84. The van der Waals surface area contributed by atoms with Gasteiger partial charge in [0.2, 0.25) is 0 Å². The first-order chi connectivity index (χ1) is 6.09. The molecule has 0 fully saturated rings. The minimum Gasteiger partial charge on any atom is -0.148 e. The molecule has 0 nitrogen and oxygen atoms in total. The molecule has 1 rings (SSSR count). The van der Waals surface area contributed by atoms with Crippen LogP contribution in [0.3, 0.4) is 0 Å². The molecule has 0 amide bonds. The lowest BCUT2D eigenvalue weighted by Crippen LogP contribution is -1.86. The van der Waals surface area contributed by atoms with Gasteiger partial charge in [0.1, 0.15) is 0 Å². The number of rotatable bonds is 2. The Hall–Kier alpha value is -0.210. The molecule has 0 spiro atoms. The van der Waals surface area contributed by atoms with Gasteiger partial charge in [-0.1, -0.05) is 33.6 Å². The average Bonchev–Trinajstić information content (AvgIpc) is 2.04. The highest BCUT2D eigenvalue weighted by molar-refractivity contribution is 9.10. The van der Waals surface area contributed by atoms with E-state index in [1.54, 1.807) is 0 Å². The van der Waals surface area contributed by atoms with E-state index in [9.17, 15) is 0 Å². The molecule has 0 atom stereocenters. The second-order valence-electron chi connectivity index (χ2n) is 3.25. The van der Waals surface area contributed by atoms with Crippen LogP contribution in [0.4, 0.5) is 0 Å². The van der Waals surface area contributed by atoms with Crippen LogP contribution in [-0.4, -0.2) is 0 Å². The van der Waals surface area contributed by atoms with Crippen LogP contribution in [0.5, 0.6) is 0 Å². The van der Waals surface area contributed by atoms with E-state index in [0.717, 1.165) is 15.8 Å². The van der Waals surface area contributed by atoms with Crippen molar-refractivity contribution in [3.8, 4) is 0 Å². The minimum atomic E-state index is 0.922. The Morgan fingerprint density at radius 2 is 2.08 bits per heavy atom. The van der Waals surface area contributed by atoms with Crippen molar-refractivity contribution >= 4 is 28.6 Å². The third kappa shape index (κ3) is 3.57. The molecule has 0 aliphatic rings. The van der Waals surface area contributed by atoms with E-state index in [1.165, 1.54) is 11.1 Å². The molecule has 1 aromatic rings. The molecule has 0 heterocycles. The quantitative estimate of drug-likeness (QED) is 0.753. The van der Waals surface area contributed by atoms with E-state index < -0.39 is 0 Å². The summed E-state index contributed by atoms with van der Waals surface area (Å²) in [6, 6.07) is 8.32. The number of allylic oxidation sites excluding steroid dienone is 2. The van der Waals surface area contributed by atoms with Gasteiger partial charge in [-0.25, -0.2) is 0 Å². The summed E-state index contributed by atoms with van der Waals surface area (Å²) in [5.74, 6) is 0. The predicted molar refractivity (Wildman–Crippen MR) is 65.2 cm³/mol. The lowest BCUT2D eigenvalue weighted by molar-refractivity contribution is 1.19. The Bertz CT molecular complexity index is 325. The molecule has 0 bridgehead atoms. The van der Waals surface area contributed by atoms with E-state index in [1.807, 2.05) is 12.1 Å². The van der Waals surface area contributed by atoms with Crippen LogP contribution in [-0.2, 0) is 6.42 Å². The maximum Gasteiger partial charge on any atom is 0.0178 e. The molecule has 1 aromatic carbocycles. The van der Waals surface area contributed by atoms with Gasteiger partial charge in [-0.05, 0) is 36.4 Å². The van der Waals surface area contributed by atoms with E-state index in [4.69, 9.17) is 0 Å². The van der Waals surface area contributed by atoms with Crippen LogP contribution in [0.25, 0.3) is 0 Å². The van der Waals surface area contributed by atoms with Crippen molar-refractivity contribution < 1.29 is 0 Å². The Morgan fingerprint density at radius 3 is 2.62 bits per heavy atom. The summed E-state index contributed by atoms with van der Waals surface area (Å²) in [5, 5.41) is 0. The molecular weight excluding hydrogens is 244 g/mol. The fourth-order valence-corrected chi connectivity index (χ4v) is 1.65. The molecule has 0 unspecified atom stereocenters.